The van der Waals surface area contributed by atoms with E-state index in [0.29, 0.717) is 17.0 Å². The van der Waals surface area contributed by atoms with Gasteiger partial charge in [0.1, 0.15) is 5.75 Å². The van der Waals surface area contributed by atoms with Crippen LogP contribution in [-0.4, -0.2) is 36.4 Å². The van der Waals surface area contributed by atoms with Gasteiger partial charge in [0.05, 0.1) is 0 Å². The molecule has 0 saturated carbocycles. The van der Waals surface area contributed by atoms with Gasteiger partial charge in [-0.15, -0.1) is 0 Å². The van der Waals surface area contributed by atoms with Crippen LogP contribution in [0.3, 0.4) is 0 Å². The molecule has 0 spiro atoms. The highest BCUT2D eigenvalue weighted by molar-refractivity contribution is 5.97. The number of carbonyl (C=O) groups is 2. The van der Waals surface area contributed by atoms with Gasteiger partial charge in [-0.25, -0.2) is 0 Å². The first-order chi connectivity index (χ1) is 15.2. The Bertz CT molecular complexity index is 1030. The van der Waals surface area contributed by atoms with Crippen molar-refractivity contribution in [1.82, 2.24) is 4.90 Å². The summed E-state index contributed by atoms with van der Waals surface area (Å²) in [5, 5.41) is 2.81. The SMILES string of the molecule is O=C(COc1ccc(-c2ccccc2)cc1)Nc1cccc(C(=O)N2CCCCC2)c1. The number of amides is 2. The third-order valence-electron chi connectivity index (χ3n) is 5.37. The van der Waals surface area contributed by atoms with Crippen LogP contribution in [0.5, 0.6) is 5.75 Å². The van der Waals surface area contributed by atoms with Crippen LogP contribution in [0.25, 0.3) is 11.1 Å². The second-order valence-corrected chi connectivity index (χ2v) is 7.66. The molecule has 0 atom stereocenters. The van der Waals surface area contributed by atoms with E-state index in [1.54, 1.807) is 24.3 Å². The lowest BCUT2D eigenvalue weighted by molar-refractivity contribution is -0.118. The Balaban J connectivity index is 1.31. The van der Waals surface area contributed by atoms with Crippen molar-refractivity contribution in [2.75, 3.05) is 25.0 Å². The summed E-state index contributed by atoms with van der Waals surface area (Å²) in [6, 6.07) is 24.8. The summed E-state index contributed by atoms with van der Waals surface area (Å²) in [4.78, 5) is 26.9. The Labute approximate surface area is 182 Å². The number of anilines is 1. The zero-order chi connectivity index (χ0) is 21.5. The van der Waals surface area contributed by atoms with Crippen LogP contribution >= 0.6 is 0 Å². The van der Waals surface area contributed by atoms with E-state index >= 15 is 0 Å². The highest BCUT2D eigenvalue weighted by Gasteiger charge is 2.18. The summed E-state index contributed by atoms with van der Waals surface area (Å²) in [7, 11) is 0. The predicted octanol–water partition coefficient (Wildman–Crippen LogP) is 5.00. The number of nitrogens with zero attached hydrogens (tertiary/aromatic N) is 1. The molecule has 1 fully saturated rings. The number of piperidine rings is 1. The molecule has 1 saturated heterocycles. The van der Waals surface area contributed by atoms with Crippen LogP contribution in [0.1, 0.15) is 29.6 Å². The Morgan fingerprint density at radius 1 is 0.806 bits per heavy atom. The van der Waals surface area contributed by atoms with E-state index in [1.165, 1.54) is 6.42 Å². The lowest BCUT2D eigenvalue weighted by Gasteiger charge is -2.26. The van der Waals surface area contributed by atoms with E-state index in [-0.39, 0.29) is 18.4 Å². The van der Waals surface area contributed by atoms with Crippen LogP contribution in [-0.2, 0) is 4.79 Å². The molecule has 1 heterocycles. The Morgan fingerprint density at radius 3 is 2.26 bits per heavy atom. The lowest BCUT2D eigenvalue weighted by Crippen LogP contribution is -2.35. The van der Waals surface area contributed by atoms with Gasteiger partial charge in [-0.1, -0.05) is 48.5 Å². The van der Waals surface area contributed by atoms with Crippen molar-refractivity contribution in [2.45, 2.75) is 19.3 Å². The highest BCUT2D eigenvalue weighted by atomic mass is 16.5. The topological polar surface area (TPSA) is 58.6 Å². The number of ether oxygens (including phenoxy) is 1. The quantitative estimate of drug-likeness (QED) is 0.618. The van der Waals surface area contributed by atoms with Gasteiger partial charge in [0.25, 0.3) is 11.8 Å². The van der Waals surface area contributed by atoms with Crippen molar-refractivity contribution < 1.29 is 14.3 Å². The number of hydrogen-bond acceptors (Lipinski definition) is 3. The lowest BCUT2D eigenvalue weighted by atomic mass is 10.1. The molecule has 0 radical (unpaired) electrons. The number of benzene rings is 3. The van der Waals surface area contributed by atoms with E-state index in [1.807, 2.05) is 59.5 Å². The number of rotatable bonds is 6. The molecule has 0 aliphatic carbocycles. The third kappa shape index (κ3) is 5.51. The fourth-order valence-corrected chi connectivity index (χ4v) is 3.73. The smallest absolute Gasteiger partial charge is 0.262 e. The molecule has 3 aromatic carbocycles. The summed E-state index contributed by atoms with van der Waals surface area (Å²) in [5.74, 6) is 0.379. The summed E-state index contributed by atoms with van der Waals surface area (Å²) in [6.45, 7) is 1.49. The molecular formula is C26H26N2O3. The highest BCUT2D eigenvalue weighted by Crippen LogP contribution is 2.22. The average molecular weight is 415 g/mol. The monoisotopic (exact) mass is 414 g/mol. The van der Waals surface area contributed by atoms with Crippen molar-refractivity contribution in [2.24, 2.45) is 0 Å². The van der Waals surface area contributed by atoms with Gasteiger partial charge in [-0.2, -0.15) is 0 Å². The Kier molecular flexibility index (Phi) is 6.62. The molecule has 0 unspecified atom stereocenters. The van der Waals surface area contributed by atoms with E-state index < -0.39 is 0 Å². The summed E-state index contributed by atoms with van der Waals surface area (Å²) in [5.41, 5.74) is 3.41. The van der Waals surface area contributed by atoms with Crippen molar-refractivity contribution >= 4 is 17.5 Å². The predicted molar refractivity (Wildman–Crippen MR) is 122 cm³/mol. The first kappa shape index (κ1) is 20.7. The van der Waals surface area contributed by atoms with E-state index in [0.717, 1.165) is 37.1 Å². The van der Waals surface area contributed by atoms with Crippen LogP contribution in [0, 0.1) is 0 Å². The van der Waals surface area contributed by atoms with Crippen LogP contribution in [0.4, 0.5) is 5.69 Å². The van der Waals surface area contributed by atoms with E-state index in [4.69, 9.17) is 4.74 Å². The molecule has 0 aromatic heterocycles. The second kappa shape index (κ2) is 9.94. The normalized spacial score (nSPS) is 13.5. The fraction of sp³-hybridized carbons (Fsp3) is 0.231. The van der Waals surface area contributed by atoms with Crippen LogP contribution in [0.2, 0.25) is 0 Å². The van der Waals surface area contributed by atoms with Crippen LogP contribution in [0.15, 0.2) is 78.9 Å². The molecule has 158 valence electrons. The van der Waals surface area contributed by atoms with E-state index in [9.17, 15) is 9.59 Å². The van der Waals surface area contributed by atoms with Gasteiger partial charge < -0.3 is 15.0 Å². The summed E-state index contributed by atoms with van der Waals surface area (Å²) >= 11 is 0. The van der Waals surface area contributed by atoms with Gasteiger partial charge in [0.2, 0.25) is 0 Å². The summed E-state index contributed by atoms with van der Waals surface area (Å²) < 4.78 is 5.62. The minimum Gasteiger partial charge on any atom is -0.484 e. The minimum atomic E-state index is -0.269. The minimum absolute atomic E-state index is 0.0190. The van der Waals surface area contributed by atoms with Gasteiger partial charge in [-0.3, -0.25) is 9.59 Å². The van der Waals surface area contributed by atoms with Gasteiger partial charge in [0, 0.05) is 24.3 Å². The van der Waals surface area contributed by atoms with Gasteiger partial charge in [0.15, 0.2) is 6.61 Å². The van der Waals surface area contributed by atoms with Crippen molar-refractivity contribution in [3.05, 3.63) is 84.4 Å². The number of carbonyl (C=O) groups excluding carboxylic acids is 2. The van der Waals surface area contributed by atoms with Gasteiger partial charge in [-0.05, 0) is 60.7 Å². The first-order valence-electron chi connectivity index (χ1n) is 10.7. The molecule has 31 heavy (non-hydrogen) atoms. The number of nitrogens with one attached hydrogen (secondary N) is 1. The molecule has 5 nitrogen and oxygen atoms in total. The molecule has 1 N–H and O–H groups in total. The second-order valence-electron chi connectivity index (χ2n) is 7.66. The zero-order valence-electron chi connectivity index (χ0n) is 17.4. The molecule has 4 rings (SSSR count). The summed E-state index contributed by atoms with van der Waals surface area (Å²) in [6.07, 6.45) is 3.27. The maximum Gasteiger partial charge on any atom is 0.262 e. The molecule has 1 aliphatic rings. The molecule has 0 bridgehead atoms. The van der Waals surface area contributed by atoms with Crippen molar-refractivity contribution in [1.29, 1.82) is 0 Å². The number of hydrogen-bond donors (Lipinski definition) is 1. The van der Waals surface area contributed by atoms with Gasteiger partial charge >= 0.3 is 0 Å². The number of likely N-dealkylation sites (tertiary alicyclic amines) is 1. The zero-order valence-corrected chi connectivity index (χ0v) is 17.4. The maximum absolute atomic E-state index is 12.7. The van der Waals surface area contributed by atoms with Crippen molar-refractivity contribution in [3.63, 3.8) is 0 Å². The molecule has 1 aliphatic heterocycles. The van der Waals surface area contributed by atoms with E-state index in [2.05, 4.69) is 5.32 Å². The van der Waals surface area contributed by atoms with Crippen molar-refractivity contribution in [3.8, 4) is 16.9 Å². The molecule has 3 aromatic rings. The standard InChI is InChI=1S/C26H26N2O3/c29-25(19-31-24-14-12-21(13-15-24)20-8-3-1-4-9-20)27-23-11-7-10-22(18-23)26(30)28-16-5-2-6-17-28/h1,3-4,7-15,18H,2,5-6,16-17,19H2,(H,27,29). The molecule has 5 heteroatoms. The Hall–Kier alpha value is -3.60. The Morgan fingerprint density at radius 2 is 1.52 bits per heavy atom. The third-order valence-corrected chi connectivity index (χ3v) is 5.37. The average Bonchev–Trinajstić information content (AvgIpc) is 2.84. The first-order valence-corrected chi connectivity index (χ1v) is 10.7. The fourth-order valence-electron chi connectivity index (χ4n) is 3.73. The largest absolute Gasteiger partial charge is 0.484 e. The maximum atomic E-state index is 12.7. The molecule has 2 amide bonds. The van der Waals surface area contributed by atoms with Crippen LogP contribution < -0.4 is 10.1 Å². The molecular weight excluding hydrogens is 388 g/mol.